The first kappa shape index (κ1) is 12.8. The van der Waals surface area contributed by atoms with E-state index in [1.165, 1.54) is 0 Å². The van der Waals surface area contributed by atoms with Crippen molar-refractivity contribution >= 4 is 5.91 Å². The van der Waals surface area contributed by atoms with Gasteiger partial charge < -0.3 is 20.1 Å². The monoisotopic (exact) mass is 242 g/mol. The van der Waals surface area contributed by atoms with Gasteiger partial charge in [-0.15, -0.1) is 0 Å². The Morgan fingerprint density at radius 1 is 1.53 bits per heavy atom. The van der Waals surface area contributed by atoms with Crippen LogP contribution in [-0.2, 0) is 9.53 Å². The normalized spacial score (nSPS) is 28.4. The van der Waals surface area contributed by atoms with E-state index in [1.807, 2.05) is 0 Å². The number of nitrogens with one attached hydrogen (secondary N) is 1. The molecule has 2 saturated heterocycles. The van der Waals surface area contributed by atoms with Crippen LogP contribution < -0.4 is 5.32 Å². The number of aliphatic hydroxyl groups excluding tert-OH is 1. The number of hydrogen-bond acceptors (Lipinski definition) is 4. The predicted octanol–water partition coefficient (Wildman–Crippen LogP) is -0.404. The third-order valence-corrected chi connectivity index (χ3v) is 3.89. The van der Waals surface area contributed by atoms with Gasteiger partial charge in [0.15, 0.2) is 0 Å². The van der Waals surface area contributed by atoms with Gasteiger partial charge in [-0.25, -0.2) is 0 Å². The van der Waals surface area contributed by atoms with Crippen LogP contribution in [0.5, 0.6) is 0 Å². The SMILES string of the molecule is COCC1(C(=O)N2CC[C@@H](O)C2)CCNCC1. The highest BCUT2D eigenvalue weighted by Gasteiger charge is 2.43. The van der Waals surface area contributed by atoms with Crippen molar-refractivity contribution in [2.45, 2.75) is 25.4 Å². The van der Waals surface area contributed by atoms with Gasteiger partial charge in [0, 0.05) is 20.2 Å². The Morgan fingerprint density at radius 3 is 2.76 bits per heavy atom. The molecule has 0 radical (unpaired) electrons. The molecule has 0 aromatic heterocycles. The minimum Gasteiger partial charge on any atom is -0.391 e. The molecule has 2 N–H and O–H groups in total. The second kappa shape index (κ2) is 5.33. The summed E-state index contributed by atoms with van der Waals surface area (Å²) >= 11 is 0. The maximum absolute atomic E-state index is 12.6. The van der Waals surface area contributed by atoms with Gasteiger partial charge in [-0.2, -0.15) is 0 Å². The number of piperidine rings is 1. The standard InChI is InChI=1S/C12H22N2O3/c1-17-9-12(3-5-13-6-4-12)11(16)14-7-2-10(15)8-14/h10,13,15H,2-9H2,1H3/t10-/m1/s1. The minimum atomic E-state index is -0.371. The van der Waals surface area contributed by atoms with Crippen molar-refractivity contribution in [3.63, 3.8) is 0 Å². The Kier molecular flexibility index (Phi) is 4.01. The summed E-state index contributed by atoms with van der Waals surface area (Å²) in [5.41, 5.74) is -0.371. The van der Waals surface area contributed by atoms with E-state index in [0.717, 1.165) is 25.9 Å². The number of carbonyl (C=O) groups is 1. The van der Waals surface area contributed by atoms with Gasteiger partial charge in [0.05, 0.1) is 18.1 Å². The van der Waals surface area contributed by atoms with E-state index in [4.69, 9.17) is 4.74 Å². The van der Waals surface area contributed by atoms with E-state index >= 15 is 0 Å². The lowest BCUT2D eigenvalue weighted by atomic mass is 9.78. The van der Waals surface area contributed by atoms with Crippen LogP contribution in [0.3, 0.4) is 0 Å². The third kappa shape index (κ3) is 2.61. The van der Waals surface area contributed by atoms with Crippen molar-refractivity contribution < 1.29 is 14.6 Å². The molecular formula is C12H22N2O3. The van der Waals surface area contributed by atoms with Gasteiger partial charge in [0.1, 0.15) is 0 Å². The Labute approximate surface area is 102 Å². The van der Waals surface area contributed by atoms with Crippen LogP contribution >= 0.6 is 0 Å². The van der Waals surface area contributed by atoms with E-state index < -0.39 is 0 Å². The average Bonchev–Trinajstić information content (AvgIpc) is 2.76. The van der Waals surface area contributed by atoms with Gasteiger partial charge in [-0.3, -0.25) is 4.79 Å². The molecule has 0 unspecified atom stereocenters. The summed E-state index contributed by atoms with van der Waals surface area (Å²) in [6.07, 6.45) is 2.01. The molecule has 5 nitrogen and oxygen atoms in total. The third-order valence-electron chi connectivity index (χ3n) is 3.89. The Balaban J connectivity index is 2.06. The molecule has 2 rings (SSSR count). The summed E-state index contributed by atoms with van der Waals surface area (Å²) < 4.78 is 5.25. The molecular weight excluding hydrogens is 220 g/mol. The summed E-state index contributed by atoms with van der Waals surface area (Å²) in [5, 5.41) is 12.8. The van der Waals surface area contributed by atoms with E-state index in [0.29, 0.717) is 26.1 Å². The number of likely N-dealkylation sites (tertiary alicyclic amines) is 1. The number of hydrogen-bond donors (Lipinski definition) is 2. The molecule has 2 aliphatic rings. The van der Waals surface area contributed by atoms with Crippen molar-refractivity contribution in [3.8, 4) is 0 Å². The zero-order chi connectivity index (χ0) is 12.3. The fourth-order valence-electron chi connectivity index (χ4n) is 2.86. The number of β-amino-alcohol motifs (C(OH)–C–C–N with tert-alkyl or cyclic N) is 1. The topological polar surface area (TPSA) is 61.8 Å². The summed E-state index contributed by atoms with van der Waals surface area (Å²) in [4.78, 5) is 14.4. The van der Waals surface area contributed by atoms with Crippen molar-refractivity contribution in [2.24, 2.45) is 5.41 Å². The zero-order valence-electron chi connectivity index (χ0n) is 10.4. The fourth-order valence-corrected chi connectivity index (χ4v) is 2.86. The first-order valence-electron chi connectivity index (χ1n) is 6.35. The van der Waals surface area contributed by atoms with Gasteiger partial charge in [0.2, 0.25) is 5.91 Å². The number of ether oxygens (including phenoxy) is 1. The number of methoxy groups -OCH3 is 1. The highest BCUT2D eigenvalue weighted by atomic mass is 16.5. The Morgan fingerprint density at radius 2 is 2.24 bits per heavy atom. The van der Waals surface area contributed by atoms with E-state index in [-0.39, 0.29) is 17.4 Å². The second-order valence-electron chi connectivity index (χ2n) is 5.16. The average molecular weight is 242 g/mol. The highest BCUT2D eigenvalue weighted by molar-refractivity contribution is 5.83. The Hall–Kier alpha value is -0.650. The van der Waals surface area contributed by atoms with Crippen LogP contribution in [0.1, 0.15) is 19.3 Å². The lowest BCUT2D eigenvalue weighted by molar-refractivity contribution is -0.146. The van der Waals surface area contributed by atoms with E-state index in [2.05, 4.69) is 5.32 Å². The van der Waals surface area contributed by atoms with Gasteiger partial charge in [-0.1, -0.05) is 0 Å². The summed E-state index contributed by atoms with van der Waals surface area (Å²) in [7, 11) is 1.65. The smallest absolute Gasteiger partial charge is 0.231 e. The lowest BCUT2D eigenvalue weighted by Crippen LogP contribution is -2.51. The molecule has 0 bridgehead atoms. The summed E-state index contributed by atoms with van der Waals surface area (Å²) in [6, 6.07) is 0. The van der Waals surface area contributed by atoms with Crippen LogP contribution in [0.15, 0.2) is 0 Å². The second-order valence-corrected chi connectivity index (χ2v) is 5.16. The van der Waals surface area contributed by atoms with E-state index in [1.54, 1.807) is 12.0 Å². The number of carbonyl (C=O) groups excluding carboxylic acids is 1. The first-order chi connectivity index (χ1) is 8.18. The van der Waals surface area contributed by atoms with Crippen LogP contribution in [0, 0.1) is 5.41 Å². The maximum atomic E-state index is 12.6. The zero-order valence-corrected chi connectivity index (χ0v) is 10.4. The Bertz CT molecular complexity index is 271. The van der Waals surface area contributed by atoms with Gasteiger partial charge >= 0.3 is 0 Å². The molecule has 0 aromatic rings. The van der Waals surface area contributed by atoms with Gasteiger partial charge in [0.25, 0.3) is 0 Å². The summed E-state index contributed by atoms with van der Waals surface area (Å²) in [6.45, 7) is 3.38. The van der Waals surface area contributed by atoms with Crippen molar-refractivity contribution in [3.05, 3.63) is 0 Å². The largest absolute Gasteiger partial charge is 0.391 e. The molecule has 2 aliphatic heterocycles. The number of rotatable bonds is 3. The van der Waals surface area contributed by atoms with E-state index in [9.17, 15) is 9.90 Å². The quantitative estimate of drug-likeness (QED) is 0.706. The van der Waals surface area contributed by atoms with Crippen LogP contribution in [-0.4, -0.2) is 61.9 Å². The molecule has 17 heavy (non-hydrogen) atoms. The number of aliphatic hydroxyl groups is 1. The van der Waals surface area contributed by atoms with Gasteiger partial charge in [-0.05, 0) is 32.4 Å². The van der Waals surface area contributed by atoms with Crippen LogP contribution in [0.4, 0.5) is 0 Å². The molecule has 1 atom stereocenters. The highest BCUT2D eigenvalue weighted by Crippen LogP contribution is 2.32. The van der Waals surface area contributed by atoms with Crippen molar-refractivity contribution in [1.82, 2.24) is 10.2 Å². The molecule has 98 valence electrons. The number of nitrogens with zero attached hydrogens (tertiary/aromatic N) is 1. The van der Waals surface area contributed by atoms with Crippen molar-refractivity contribution in [2.75, 3.05) is 39.9 Å². The lowest BCUT2D eigenvalue weighted by Gasteiger charge is -2.38. The maximum Gasteiger partial charge on any atom is 0.231 e. The molecule has 0 aromatic carbocycles. The fraction of sp³-hybridized carbons (Fsp3) is 0.917. The predicted molar refractivity (Wildman–Crippen MR) is 63.6 cm³/mol. The number of amides is 1. The first-order valence-corrected chi connectivity index (χ1v) is 6.35. The molecule has 1 amide bonds. The summed E-state index contributed by atoms with van der Waals surface area (Å²) in [5.74, 6) is 0.164. The molecule has 0 aliphatic carbocycles. The van der Waals surface area contributed by atoms with Crippen LogP contribution in [0.2, 0.25) is 0 Å². The molecule has 0 saturated carbocycles. The minimum absolute atomic E-state index is 0.164. The molecule has 0 spiro atoms. The van der Waals surface area contributed by atoms with Crippen molar-refractivity contribution in [1.29, 1.82) is 0 Å². The molecule has 2 heterocycles. The van der Waals surface area contributed by atoms with Crippen LogP contribution in [0.25, 0.3) is 0 Å². The molecule has 5 heteroatoms. The molecule has 2 fully saturated rings.